The van der Waals surface area contributed by atoms with Gasteiger partial charge in [0, 0.05) is 6.04 Å². The molecule has 2 fully saturated rings. The van der Waals surface area contributed by atoms with Crippen molar-refractivity contribution >= 4 is 6.08 Å². The van der Waals surface area contributed by atoms with Gasteiger partial charge in [-0.3, -0.25) is 0 Å². The lowest BCUT2D eigenvalue weighted by molar-refractivity contribution is 0.456. The molecular formula is C18H25N. The quantitative estimate of drug-likeness (QED) is 0.853. The van der Waals surface area contributed by atoms with E-state index in [0.717, 1.165) is 11.8 Å². The number of hydrogen-bond donors (Lipinski definition) is 1. The molecule has 3 rings (SSSR count). The molecule has 1 heteroatoms. The first-order valence-electron chi connectivity index (χ1n) is 7.75. The van der Waals surface area contributed by atoms with E-state index >= 15 is 0 Å². The molecule has 0 radical (unpaired) electrons. The summed E-state index contributed by atoms with van der Waals surface area (Å²) in [4.78, 5) is 0. The van der Waals surface area contributed by atoms with Gasteiger partial charge in [0.2, 0.25) is 0 Å². The van der Waals surface area contributed by atoms with Crippen LogP contribution in [-0.2, 0) is 0 Å². The van der Waals surface area contributed by atoms with Crippen LogP contribution in [0.3, 0.4) is 0 Å². The first kappa shape index (κ1) is 12.9. The molecule has 3 unspecified atom stereocenters. The second-order valence-corrected chi connectivity index (χ2v) is 6.47. The van der Waals surface area contributed by atoms with E-state index in [1.54, 1.807) is 0 Å². The molecule has 19 heavy (non-hydrogen) atoms. The molecule has 1 aromatic rings. The molecule has 3 atom stereocenters. The van der Waals surface area contributed by atoms with Crippen LogP contribution < -0.4 is 5.32 Å². The van der Waals surface area contributed by atoms with E-state index < -0.39 is 0 Å². The summed E-state index contributed by atoms with van der Waals surface area (Å²) >= 11 is 0. The van der Waals surface area contributed by atoms with Gasteiger partial charge in [-0.2, -0.15) is 0 Å². The van der Waals surface area contributed by atoms with E-state index in [0.29, 0.717) is 12.0 Å². The van der Waals surface area contributed by atoms with Crippen LogP contribution in [0.4, 0.5) is 0 Å². The van der Waals surface area contributed by atoms with Crippen molar-refractivity contribution in [3.8, 4) is 0 Å². The van der Waals surface area contributed by atoms with Gasteiger partial charge in [0.25, 0.3) is 0 Å². The topological polar surface area (TPSA) is 12.0 Å². The Kier molecular flexibility index (Phi) is 3.74. The molecule has 1 heterocycles. The number of benzene rings is 1. The Labute approximate surface area is 117 Å². The summed E-state index contributed by atoms with van der Waals surface area (Å²) in [5.41, 5.74) is 2.75. The van der Waals surface area contributed by atoms with Gasteiger partial charge in [-0.25, -0.2) is 0 Å². The van der Waals surface area contributed by atoms with Crippen LogP contribution in [0.5, 0.6) is 0 Å². The minimum Gasteiger partial charge on any atom is -0.310 e. The zero-order valence-corrected chi connectivity index (χ0v) is 12.1. The van der Waals surface area contributed by atoms with E-state index in [1.165, 1.54) is 36.9 Å². The summed E-state index contributed by atoms with van der Waals surface area (Å²) in [6.45, 7) is 5.72. The average molecular weight is 255 g/mol. The highest BCUT2D eigenvalue weighted by molar-refractivity contribution is 5.51. The Balaban J connectivity index is 1.66. The Bertz CT molecular complexity index is 443. The van der Waals surface area contributed by atoms with Gasteiger partial charge in [-0.05, 0) is 48.3 Å². The monoisotopic (exact) mass is 255 g/mol. The average Bonchev–Trinajstić information content (AvgIpc) is 3.00. The van der Waals surface area contributed by atoms with Gasteiger partial charge in [0.1, 0.15) is 0 Å². The molecule has 0 aromatic heterocycles. The van der Waals surface area contributed by atoms with Crippen LogP contribution in [0, 0.1) is 11.8 Å². The predicted octanol–water partition coefficient (Wildman–Crippen LogP) is 4.21. The standard InChI is InChI=1S/C18H25N/c1-13(2)15-9-6-14(7-10-15)8-11-18-17-5-3-4-16(17)12-19-18/h6-11,13,16-19H,3-5,12H2,1-2H3/b11-8+. The number of fused-ring (bicyclic) bond motifs is 1. The van der Waals surface area contributed by atoms with E-state index in [2.05, 4.69) is 55.6 Å². The smallest absolute Gasteiger partial charge is 0.0284 e. The molecule has 0 bridgehead atoms. The first-order valence-corrected chi connectivity index (χ1v) is 7.75. The molecule has 0 amide bonds. The maximum Gasteiger partial charge on any atom is 0.0284 e. The third kappa shape index (κ3) is 2.76. The van der Waals surface area contributed by atoms with Crippen molar-refractivity contribution in [2.24, 2.45) is 11.8 Å². The molecular weight excluding hydrogens is 230 g/mol. The van der Waals surface area contributed by atoms with Crippen molar-refractivity contribution in [2.75, 3.05) is 6.54 Å². The lowest BCUT2D eigenvalue weighted by Crippen LogP contribution is -2.23. The SMILES string of the molecule is CC(C)c1ccc(/C=C/C2NCC3CCCC32)cc1. The van der Waals surface area contributed by atoms with Gasteiger partial charge in [0.05, 0.1) is 0 Å². The zero-order chi connectivity index (χ0) is 13.2. The fourth-order valence-corrected chi connectivity index (χ4v) is 3.65. The van der Waals surface area contributed by atoms with Crippen molar-refractivity contribution in [1.29, 1.82) is 0 Å². The van der Waals surface area contributed by atoms with E-state index in [1.807, 2.05) is 0 Å². The van der Waals surface area contributed by atoms with Crippen LogP contribution in [-0.4, -0.2) is 12.6 Å². The fraction of sp³-hybridized carbons (Fsp3) is 0.556. The van der Waals surface area contributed by atoms with Crippen LogP contribution in [0.1, 0.15) is 50.2 Å². The molecule has 1 saturated carbocycles. The number of nitrogens with one attached hydrogen (secondary N) is 1. The van der Waals surface area contributed by atoms with E-state index in [-0.39, 0.29) is 0 Å². The van der Waals surface area contributed by atoms with Crippen molar-refractivity contribution in [3.63, 3.8) is 0 Å². The summed E-state index contributed by atoms with van der Waals surface area (Å²) in [5, 5.41) is 3.67. The van der Waals surface area contributed by atoms with Crippen LogP contribution in [0.25, 0.3) is 6.08 Å². The highest BCUT2D eigenvalue weighted by Crippen LogP contribution is 2.38. The molecule has 102 valence electrons. The van der Waals surface area contributed by atoms with Gasteiger partial charge >= 0.3 is 0 Å². The van der Waals surface area contributed by atoms with Gasteiger partial charge < -0.3 is 5.32 Å². The molecule has 1 aliphatic carbocycles. The Morgan fingerprint density at radius 1 is 1.16 bits per heavy atom. The van der Waals surface area contributed by atoms with Crippen molar-refractivity contribution in [1.82, 2.24) is 5.32 Å². The van der Waals surface area contributed by atoms with Crippen LogP contribution >= 0.6 is 0 Å². The molecule has 1 N–H and O–H groups in total. The minimum atomic E-state index is 0.609. The molecule has 1 nitrogen and oxygen atoms in total. The fourth-order valence-electron chi connectivity index (χ4n) is 3.65. The predicted molar refractivity (Wildman–Crippen MR) is 82.2 cm³/mol. The third-order valence-electron chi connectivity index (χ3n) is 4.89. The summed E-state index contributed by atoms with van der Waals surface area (Å²) in [6.07, 6.45) is 8.97. The Hall–Kier alpha value is -1.08. The van der Waals surface area contributed by atoms with Crippen molar-refractivity contribution in [3.05, 3.63) is 41.5 Å². The highest BCUT2D eigenvalue weighted by atomic mass is 15.0. The van der Waals surface area contributed by atoms with Crippen molar-refractivity contribution < 1.29 is 0 Å². The largest absolute Gasteiger partial charge is 0.310 e. The molecule has 1 saturated heterocycles. The summed E-state index contributed by atoms with van der Waals surface area (Å²) in [5.74, 6) is 2.46. The maximum atomic E-state index is 3.67. The van der Waals surface area contributed by atoms with E-state index in [4.69, 9.17) is 0 Å². The van der Waals surface area contributed by atoms with Gasteiger partial charge in [-0.1, -0.05) is 56.7 Å². The van der Waals surface area contributed by atoms with Crippen LogP contribution in [0.2, 0.25) is 0 Å². The minimum absolute atomic E-state index is 0.609. The summed E-state index contributed by atoms with van der Waals surface area (Å²) < 4.78 is 0. The molecule has 1 aliphatic heterocycles. The Morgan fingerprint density at radius 3 is 2.68 bits per heavy atom. The highest BCUT2D eigenvalue weighted by Gasteiger charge is 2.37. The molecule has 0 spiro atoms. The van der Waals surface area contributed by atoms with Crippen molar-refractivity contribution in [2.45, 2.75) is 45.1 Å². The second-order valence-electron chi connectivity index (χ2n) is 6.47. The number of rotatable bonds is 3. The molecule has 2 aliphatic rings. The summed E-state index contributed by atoms with van der Waals surface area (Å²) in [6, 6.07) is 9.60. The zero-order valence-electron chi connectivity index (χ0n) is 12.1. The summed E-state index contributed by atoms with van der Waals surface area (Å²) in [7, 11) is 0. The lowest BCUT2D eigenvalue weighted by atomic mass is 9.93. The normalized spacial score (nSPS) is 30.4. The van der Waals surface area contributed by atoms with Crippen LogP contribution in [0.15, 0.2) is 30.3 Å². The maximum absolute atomic E-state index is 3.67. The van der Waals surface area contributed by atoms with Gasteiger partial charge in [0.15, 0.2) is 0 Å². The Morgan fingerprint density at radius 2 is 1.95 bits per heavy atom. The van der Waals surface area contributed by atoms with E-state index in [9.17, 15) is 0 Å². The van der Waals surface area contributed by atoms with Gasteiger partial charge in [-0.15, -0.1) is 0 Å². The second kappa shape index (κ2) is 5.50. The number of hydrogen-bond acceptors (Lipinski definition) is 1. The molecule has 1 aromatic carbocycles. The first-order chi connectivity index (χ1) is 9.24. The lowest BCUT2D eigenvalue weighted by Gasteiger charge is -2.13. The third-order valence-corrected chi connectivity index (χ3v) is 4.89.